The second kappa shape index (κ2) is 11.2. The lowest BCUT2D eigenvalue weighted by atomic mass is 10.0. The van der Waals surface area contributed by atoms with Gasteiger partial charge in [-0.3, -0.25) is 4.79 Å². The Morgan fingerprint density at radius 3 is 2.19 bits per heavy atom. The molecule has 3 amide bonds. The second-order valence-corrected chi connectivity index (χ2v) is 9.62. The predicted octanol–water partition coefficient (Wildman–Crippen LogP) is 3.54. The maximum absolute atomic E-state index is 13.8. The zero-order valence-electron chi connectivity index (χ0n) is 19.8. The molecule has 3 aromatic rings. The summed E-state index contributed by atoms with van der Waals surface area (Å²) in [6.07, 6.45) is -0.300. The Bertz CT molecular complexity index is 1340. The normalized spacial score (nSPS) is 11.9. The number of ether oxygens (including phenoxy) is 1. The molecule has 0 radical (unpaired) electrons. The number of likely N-dealkylation sites (N-methyl/N-ethyl adjacent to an activating group) is 1. The highest BCUT2D eigenvalue weighted by atomic mass is 32.2. The molecular weight excluding hydrogens is 492 g/mol. The van der Waals surface area contributed by atoms with E-state index >= 15 is 0 Å². The maximum Gasteiger partial charge on any atom is 0.329 e. The van der Waals surface area contributed by atoms with Gasteiger partial charge >= 0.3 is 6.03 Å². The van der Waals surface area contributed by atoms with E-state index in [1.807, 2.05) is 4.72 Å². The molecule has 2 N–H and O–H groups in total. The van der Waals surface area contributed by atoms with Crippen LogP contribution in [0.3, 0.4) is 0 Å². The van der Waals surface area contributed by atoms with Gasteiger partial charge in [0.1, 0.15) is 23.4 Å². The van der Waals surface area contributed by atoms with Crippen LogP contribution in [0.2, 0.25) is 0 Å². The molecule has 0 fully saturated rings. The van der Waals surface area contributed by atoms with Crippen molar-refractivity contribution >= 4 is 27.6 Å². The summed E-state index contributed by atoms with van der Waals surface area (Å²) < 4.78 is 59.9. The molecule has 0 aromatic heterocycles. The van der Waals surface area contributed by atoms with Crippen LogP contribution < -0.4 is 19.7 Å². The number of hydrogen-bond acceptors (Lipinski definition) is 5. The molecule has 1 unspecified atom stereocenters. The van der Waals surface area contributed by atoms with E-state index in [9.17, 15) is 26.8 Å². The number of halogens is 2. The van der Waals surface area contributed by atoms with Gasteiger partial charge < -0.3 is 15.0 Å². The molecule has 3 aromatic carbocycles. The Morgan fingerprint density at radius 2 is 1.61 bits per heavy atom. The highest BCUT2D eigenvalue weighted by molar-refractivity contribution is 7.90. The van der Waals surface area contributed by atoms with Crippen molar-refractivity contribution in [3.05, 3.63) is 89.5 Å². The summed E-state index contributed by atoms with van der Waals surface area (Å²) in [4.78, 5) is 27.1. The van der Waals surface area contributed by atoms with Crippen LogP contribution in [-0.2, 0) is 21.2 Å². The summed E-state index contributed by atoms with van der Waals surface area (Å²) in [5.74, 6) is -1.80. The molecule has 8 nitrogen and oxygen atoms in total. The van der Waals surface area contributed by atoms with Crippen molar-refractivity contribution in [2.75, 3.05) is 19.1 Å². The van der Waals surface area contributed by atoms with Crippen molar-refractivity contribution in [1.82, 2.24) is 10.0 Å². The van der Waals surface area contributed by atoms with Crippen molar-refractivity contribution < 1.29 is 31.5 Å². The summed E-state index contributed by atoms with van der Waals surface area (Å²) in [6.45, 7) is 1.57. The highest BCUT2D eigenvalue weighted by Gasteiger charge is 2.28. The molecule has 0 aliphatic carbocycles. The topological polar surface area (TPSA) is 105 Å². The predicted molar refractivity (Wildman–Crippen MR) is 130 cm³/mol. The van der Waals surface area contributed by atoms with Crippen LogP contribution in [0.1, 0.15) is 11.1 Å². The van der Waals surface area contributed by atoms with Crippen LogP contribution >= 0.6 is 0 Å². The lowest BCUT2D eigenvalue weighted by Crippen LogP contribution is -2.52. The van der Waals surface area contributed by atoms with Crippen molar-refractivity contribution in [2.45, 2.75) is 24.3 Å². The first kappa shape index (κ1) is 26.6. The zero-order valence-corrected chi connectivity index (χ0v) is 20.6. The smallest absolute Gasteiger partial charge is 0.329 e. The third-order valence-corrected chi connectivity index (χ3v) is 6.86. The number of nitrogens with one attached hydrogen (secondary N) is 2. The van der Waals surface area contributed by atoms with E-state index in [0.29, 0.717) is 23.1 Å². The zero-order chi connectivity index (χ0) is 26.5. The quantitative estimate of drug-likeness (QED) is 0.476. The molecule has 0 saturated heterocycles. The maximum atomic E-state index is 13.8. The first-order chi connectivity index (χ1) is 17.0. The number of methoxy groups -OCH3 is 1. The standard InChI is InChI=1S/C25H25F2N3O5S/c1-16-6-4-5-7-23(16)36(33,34)29-25(32)28-22(14-17-12-18(26)15-19(27)13-17)24(31)30(2)20-8-10-21(35-3)11-9-20/h4-13,15,22H,14H2,1-3H3,(H2,28,29,32). The number of anilines is 1. The summed E-state index contributed by atoms with van der Waals surface area (Å²) >= 11 is 0. The summed E-state index contributed by atoms with van der Waals surface area (Å²) in [5.41, 5.74) is 0.960. The number of urea groups is 1. The molecule has 0 saturated carbocycles. The Labute approximate surface area is 207 Å². The van der Waals surface area contributed by atoms with Gasteiger partial charge in [0, 0.05) is 25.2 Å². The van der Waals surface area contributed by atoms with E-state index in [1.165, 1.54) is 31.2 Å². The Kier molecular flexibility index (Phi) is 8.25. The fraction of sp³-hybridized carbons (Fsp3) is 0.200. The van der Waals surface area contributed by atoms with Gasteiger partial charge in [0.05, 0.1) is 12.0 Å². The molecule has 0 heterocycles. The van der Waals surface area contributed by atoms with E-state index in [1.54, 1.807) is 43.3 Å². The van der Waals surface area contributed by atoms with Gasteiger partial charge in [-0.2, -0.15) is 0 Å². The van der Waals surface area contributed by atoms with Crippen molar-refractivity contribution in [2.24, 2.45) is 0 Å². The van der Waals surface area contributed by atoms with Gasteiger partial charge in [0.25, 0.3) is 10.0 Å². The first-order valence-corrected chi connectivity index (χ1v) is 12.2. The molecule has 190 valence electrons. The number of hydrogen-bond donors (Lipinski definition) is 2. The molecular formula is C25H25F2N3O5S. The highest BCUT2D eigenvalue weighted by Crippen LogP contribution is 2.20. The average molecular weight is 518 g/mol. The van der Waals surface area contributed by atoms with E-state index in [4.69, 9.17) is 4.74 Å². The van der Waals surface area contributed by atoms with Crippen LogP contribution in [-0.4, -0.2) is 40.6 Å². The van der Waals surface area contributed by atoms with Gasteiger partial charge in [-0.05, 0) is 60.5 Å². The number of amides is 3. The molecule has 0 aliphatic rings. The molecule has 0 bridgehead atoms. The molecule has 11 heteroatoms. The molecule has 36 heavy (non-hydrogen) atoms. The summed E-state index contributed by atoms with van der Waals surface area (Å²) in [5, 5.41) is 2.33. The molecule has 0 spiro atoms. The SMILES string of the molecule is COc1ccc(N(C)C(=O)C(Cc2cc(F)cc(F)c2)NC(=O)NS(=O)(=O)c2ccccc2C)cc1. The monoisotopic (exact) mass is 517 g/mol. The Balaban J connectivity index is 1.86. The number of rotatable bonds is 8. The number of sulfonamides is 1. The van der Waals surface area contributed by atoms with Gasteiger partial charge in [0.2, 0.25) is 5.91 Å². The number of carbonyl (C=O) groups excluding carboxylic acids is 2. The van der Waals surface area contributed by atoms with E-state index in [-0.39, 0.29) is 16.9 Å². The lowest BCUT2D eigenvalue weighted by molar-refractivity contribution is -0.120. The average Bonchev–Trinajstić information content (AvgIpc) is 2.82. The van der Waals surface area contributed by atoms with Crippen LogP contribution in [0.15, 0.2) is 71.6 Å². The van der Waals surface area contributed by atoms with E-state index in [0.717, 1.165) is 12.1 Å². The third kappa shape index (κ3) is 6.57. The fourth-order valence-electron chi connectivity index (χ4n) is 3.55. The number of aryl methyl sites for hydroxylation is 1. The minimum atomic E-state index is -4.25. The Morgan fingerprint density at radius 1 is 1.00 bits per heavy atom. The first-order valence-electron chi connectivity index (χ1n) is 10.8. The van der Waals surface area contributed by atoms with E-state index < -0.39 is 39.6 Å². The van der Waals surface area contributed by atoms with Crippen molar-refractivity contribution in [3.63, 3.8) is 0 Å². The largest absolute Gasteiger partial charge is 0.497 e. The number of nitrogens with zero attached hydrogens (tertiary/aromatic N) is 1. The van der Waals surface area contributed by atoms with Gasteiger partial charge in [-0.15, -0.1) is 0 Å². The molecule has 1 atom stereocenters. The minimum Gasteiger partial charge on any atom is -0.497 e. The van der Waals surface area contributed by atoms with Crippen molar-refractivity contribution in [1.29, 1.82) is 0 Å². The van der Waals surface area contributed by atoms with Crippen LogP contribution in [0, 0.1) is 18.6 Å². The Hall–Kier alpha value is -3.99. The van der Waals surface area contributed by atoms with Gasteiger partial charge in [0.15, 0.2) is 0 Å². The van der Waals surface area contributed by atoms with Crippen LogP contribution in [0.5, 0.6) is 5.75 Å². The lowest BCUT2D eigenvalue weighted by Gasteiger charge is -2.25. The van der Waals surface area contributed by atoms with Crippen LogP contribution in [0.4, 0.5) is 19.3 Å². The van der Waals surface area contributed by atoms with Gasteiger partial charge in [-0.25, -0.2) is 26.7 Å². The second-order valence-electron chi connectivity index (χ2n) is 7.97. The number of benzene rings is 3. The molecule has 3 rings (SSSR count). The van der Waals surface area contributed by atoms with Crippen LogP contribution in [0.25, 0.3) is 0 Å². The third-order valence-electron chi connectivity index (χ3n) is 5.37. The number of carbonyl (C=O) groups is 2. The summed E-state index contributed by atoms with van der Waals surface area (Å²) in [6, 6.07) is 12.8. The van der Waals surface area contributed by atoms with Gasteiger partial charge in [-0.1, -0.05) is 18.2 Å². The van der Waals surface area contributed by atoms with E-state index in [2.05, 4.69) is 5.32 Å². The van der Waals surface area contributed by atoms with Crippen molar-refractivity contribution in [3.8, 4) is 5.75 Å². The molecule has 0 aliphatic heterocycles. The minimum absolute atomic E-state index is 0.0936. The fourth-order valence-corrected chi connectivity index (χ4v) is 4.72. The summed E-state index contributed by atoms with van der Waals surface area (Å²) in [7, 11) is -1.31.